The van der Waals surface area contributed by atoms with Crippen molar-refractivity contribution in [3.8, 4) is 6.19 Å². The van der Waals surface area contributed by atoms with Crippen LogP contribution >= 0.6 is 24.0 Å². The van der Waals surface area contributed by atoms with Crippen LogP contribution in [0.3, 0.4) is 0 Å². The van der Waals surface area contributed by atoms with Gasteiger partial charge in [0.05, 0.1) is 6.33 Å². The van der Waals surface area contributed by atoms with Crippen LogP contribution in [0.15, 0.2) is 16.5 Å². The summed E-state index contributed by atoms with van der Waals surface area (Å²) in [6, 6.07) is 0. The molecule has 0 aromatic carbocycles. The summed E-state index contributed by atoms with van der Waals surface area (Å²) in [7, 11) is 0. The minimum Gasteiger partial charge on any atom is -0.348 e. The molecule has 0 saturated heterocycles. The highest BCUT2D eigenvalue weighted by Crippen LogP contribution is 2.18. The maximum atomic E-state index is 8.78. The molecular formula is C9H12N6S2. The van der Waals surface area contributed by atoms with Gasteiger partial charge in [-0.2, -0.15) is 5.26 Å². The lowest BCUT2D eigenvalue weighted by molar-refractivity contribution is 0.568. The third-order valence-electron chi connectivity index (χ3n) is 2.00. The standard InChI is InChI=1S/C9H12N6S2/c1-7-8(13-6-12-7)17-4-2-3-15(5-10)9(16)14-11/h6,11H,2-4H2,1H3,(H,12,13). The molecule has 0 aliphatic rings. The van der Waals surface area contributed by atoms with Crippen molar-refractivity contribution in [3.63, 3.8) is 0 Å². The van der Waals surface area contributed by atoms with Gasteiger partial charge in [0.1, 0.15) is 5.03 Å². The minimum absolute atomic E-state index is 0.00782. The number of H-pyrrole nitrogens is 1. The van der Waals surface area contributed by atoms with Crippen molar-refractivity contribution in [1.29, 1.82) is 10.8 Å². The highest BCUT2D eigenvalue weighted by Gasteiger charge is 2.07. The van der Waals surface area contributed by atoms with Crippen molar-refractivity contribution in [2.75, 3.05) is 12.3 Å². The molecule has 1 rings (SSSR count). The van der Waals surface area contributed by atoms with Gasteiger partial charge < -0.3 is 4.98 Å². The number of imidazole rings is 1. The zero-order valence-corrected chi connectivity index (χ0v) is 10.9. The Hall–Kier alpha value is -1.46. The molecular weight excluding hydrogens is 256 g/mol. The molecule has 0 fully saturated rings. The van der Waals surface area contributed by atoms with Crippen molar-refractivity contribution in [2.24, 2.45) is 5.11 Å². The first-order valence-corrected chi connectivity index (χ1v) is 6.30. The Kier molecular flexibility index (Phi) is 5.59. The predicted octanol–water partition coefficient (Wildman–Crippen LogP) is 2.30. The summed E-state index contributed by atoms with van der Waals surface area (Å²) in [6.07, 6.45) is 4.34. The topological polar surface area (TPSA) is 91.9 Å². The molecule has 1 aromatic heterocycles. The Morgan fingerprint density at radius 3 is 3.12 bits per heavy atom. The van der Waals surface area contributed by atoms with Gasteiger partial charge in [0, 0.05) is 18.0 Å². The van der Waals surface area contributed by atoms with E-state index in [-0.39, 0.29) is 5.11 Å². The number of aromatic nitrogens is 2. The normalized spacial score (nSPS) is 9.65. The summed E-state index contributed by atoms with van der Waals surface area (Å²) in [5.74, 6) is 0.838. The summed E-state index contributed by atoms with van der Waals surface area (Å²) in [5, 5.41) is 12.8. The van der Waals surface area contributed by atoms with Crippen LogP contribution in [0.4, 0.5) is 0 Å². The third kappa shape index (κ3) is 4.13. The van der Waals surface area contributed by atoms with Gasteiger partial charge in [0.15, 0.2) is 6.19 Å². The number of nitriles is 1. The maximum Gasteiger partial charge on any atom is 0.228 e. The molecule has 0 aliphatic heterocycles. The second kappa shape index (κ2) is 6.98. The molecule has 0 radical (unpaired) electrons. The summed E-state index contributed by atoms with van der Waals surface area (Å²) >= 11 is 6.38. The molecule has 0 bridgehead atoms. The van der Waals surface area contributed by atoms with Gasteiger partial charge in [-0.15, -0.1) is 16.9 Å². The Balaban J connectivity index is 2.29. The summed E-state index contributed by atoms with van der Waals surface area (Å²) in [4.78, 5) is 8.40. The molecule has 0 amide bonds. The molecule has 0 aliphatic carbocycles. The average molecular weight is 268 g/mol. The zero-order chi connectivity index (χ0) is 12.7. The van der Waals surface area contributed by atoms with Crippen molar-refractivity contribution in [2.45, 2.75) is 18.4 Å². The molecule has 8 heteroatoms. The fraction of sp³-hybridized carbons (Fsp3) is 0.444. The van der Waals surface area contributed by atoms with Crippen molar-refractivity contribution in [1.82, 2.24) is 14.9 Å². The number of nitrogens with zero attached hydrogens (tertiary/aromatic N) is 4. The van der Waals surface area contributed by atoms with Crippen LogP contribution in [0.5, 0.6) is 0 Å². The first kappa shape index (κ1) is 13.6. The number of thiocarbonyl (C=S) groups is 1. The highest BCUT2D eigenvalue weighted by molar-refractivity contribution is 7.99. The van der Waals surface area contributed by atoms with Crippen LogP contribution in [0.2, 0.25) is 0 Å². The minimum atomic E-state index is 0.00782. The number of hydrogen-bond donors (Lipinski definition) is 2. The maximum absolute atomic E-state index is 8.78. The number of hydrogen-bond acceptors (Lipinski definition) is 5. The van der Waals surface area contributed by atoms with E-state index in [2.05, 4.69) is 15.1 Å². The van der Waals surface area contributed by atoms with Crippen LogP contribution in [0.1, 0.15) is 12.1 Å². The Morgan fingerprint density at radius 1 is 1.82 bits per heavy atom. The molecule has 0 spiro atoms. The quantitative estimate of drug-likeness (QED) is 0.213. The monoisotopic (exact) mass is 268 g/mol. The van der Waals surface area contributed by atoms with Crippen LogP contribution in [-0.4, -0.2) is 32.3 Å². The lowest BCUT2D eigenvalue weighted by atomic mass is 10.4. The van der Waals surface area contributed by atoms with Crippen molar-refractivity contribution < 1.29 is 0 Å². The van der Waals surface area contributed by atoms with Crippen LogP contribution in [0.25, 0.3) is 0 Å². The van der Waals surface area contributed by atoms with Crippen molar-refractivity contribution >= 4 is 29.1 Å². The Labute approximate surface area is 109 Å². The van der Waals surface area contributed by atoms with E-state index in [0.717, 1.165) is 22.9 Å². The molecule has 0 atom stereocenters. The second-order valence-electron chi connectivity index (χ2n) is 3.18. The second-order valence-corrected chi connectivity index (χ2v) is 4.63. The number of aryl methyl sites for hydroxylation is 1. The van der Waals surface area contributed by atoms with Gasteiger partial charge in [-0.3, -0.25) is 4.90 Å². The van der Waals surface area contributed by atoms with E-state index < -0.39 is 0 Å². The van der Waals surface area contributed by atoms with E-state index >= 15 is 0 Å². The van der Waals surface area contributed by atoms with E-state index in [1.807, 2.05) is 13.1 Å². The molecule has 0 unspecified atom stereocenters. The predicted molar refractivity (Wildman–Crippen MR) is 68.7 cm³/mol. The smallest absolute Gasteiger partial charge is 0.228 e. The van der Waals surface area contributed by atoms with Gasteiger partial charge in [-0.1, -0.05) is 0 Å². The molecule has 6 nitrogen and oxygen atoms in total. The summed E-state index contributed by atoms with van der Waals surface area (Å²) < 4.78 is 0. The van der Waals surface area contributed by atoms with E-state index in [1.165, 1.54) is 4.90 Å². The van der Waals surface area contributed by atoms with Crippen LogP contribution in [0, 0.1) is 23.9 Å². The number of nitrogens with one attached hydrogen (secondary N) is 2. The number of rotatable bonds is 5. The molecule has 17 heavy (non-hydrogen) atoms. The lowest BCUT2D eigenvalue weighted by Gasteiger charge is -2.11. The summed E-state index contributed by atoms with van der Waals surface area (Å²) in [5.41, 5.74) is 7.78. The van der Waals surface area contributed by atoms with E-state index in [0.29, 0.717) is 6.54 Å². The molecule has 0 saturated carbocycles. The number of thioether (sulfide) groups is 1. The third-order valence-corrected chi connectivity index (χ3v) is 3.49. The SMILES string of the molecule is Cc1[nH]cnc1SCCCN(C#N)C(=S)N=N. The van der Waals surface area contributed by atoms with Crippen LogP contribution in [-0.2, 0) is 0 Å². The van der Waals surface area contributed by atoms with E-state index in [1.54, 1.807) is 18.1 Å². The molecule has 90 valence electrons. The van der Waals surface area contributed by atoms with E-state index in [9.17, 15) is 0 Å². The largest absolute Gasteiger partial charge is 0.348 e. The average Bonchev–Trinajstić information content (AvgIpc) is 2.74. The van der Waals surface area contributed by atoms with Gasteiger partial charge in [-0.25, -0.2) is 10.5 Å². The number of aromatic amines is 1. The highest BCUT2D eigenvalue weighted by atomic mass is 32.2. The fourth-order valence-corrected chi connectivity index (χ4v) is 2.13. The first-order valence-electron chi connectivity index (χ1n) is 4.90. The lowest BCUT2D eigenvalue weighted by Crippen LogP contribution is -2.23. The van der Waals surface area contributed by atoms with Gasteiger partial charge in [0.2, 0.25) is 5.11 Å². The Bertz CT molecular complexity index is 435. The van der Waals surface area contributed by atoms with E-state index in [4.69, 9.17) is 23.0 Å². The van der Waals surface area contributed by atoms with Gasteiger partial charge in [0.25, 0.3) is 0 Å². The zero-order valence-electron chi connectivity index (χ0n) is 9.30. The van der Waals surface area contributed by atoms with Gasteiger partial charge >= 0.3 is 0 Å². The Morgan fingerprint density at radius 2 is 2.59 bits per heavy atom. The van der Waals surface area contributed by atoms with Crippen LogP contribution < -0.4 is 0 Å². The first-order chi connectivity index (χ1) is 8.19. The fourth-order valence-electron chi connectivity index (χ4n) is 1.13. The molecule has 2 N–H and O–H groups in total. The summed E-state index contributed by atoms with van der Waals surface area (Å²) in [6.45, 7) is 2.44. The van der Waals surface area contributed by atoms with Gasteiger partial charge in [-0.05, 0) is 25.6 Å². The van der Waals surface area contributed by atoms with Crippen molar-refractivity contribution in [3.05, 3.63) is 12.0 Å². The molecule has 1 heterocycles. The molecule has 1 aromatic rings.